The van der Waals surface area contributed by atoms with Crippen molar-refractivity contribution in [1.29, 1.82) is 0 Å². The minimum Gasteiger partial charge on any atom is -0.316 e. The highest BCUT2D eigenvalue weighted by atomic mass is 32.2. The van der Waals surface area contributed by atoms with Crippen molar-refractivity contribution in [3.63, 3.8) is 0 Å². The number of sulfonamides is 1. The molecule has 114 valence electrons. The summed E-state index contributed by atoms with van der Waals surface area (Å²) in [7, 11) is -1.65. The summed E-state index contributed by atoms with van der Waals surface area (Å²) in [6.45, 7) is 4.91. The van der Waals surface area contributed by atoms with E-state index in [0.29, 0.717) is 23.0 Å². The molecule has 4 nitrogen and oxygen atoms in total. The monoisotopic (exact) mass is 324 g/mol. The molecule has 0 fully saturated rings. The predicted molar refractivity (Wildman–Crippen MR) is 88.5 cm³/mol. The van der Waals surface area contributed by atoms with Gasteiger partial charge in [-0.05, 0) is 50.0 Å². The van der Waals surface area contributed by atoms with Gasteiger partial charge in [0.15, 0.2) is 0 Å². The minimum atomic E-state index is -3.49. The van der Waals surface area contributed by atoms with Crippen molar-refractivity contribution >= 4 is 27.0 Å². The van der Waals surface area contributed by atoms with Gasteiger partial charge in [0.25, 0.3) is 10.0 Å². The minimum absolute atomic E-state index is 0.384. The SMILES string of the molecule is CCN(c1ccc(C)cc1)S(=O)(=O)c1cc(CNC)cs1. The average molecular weight is 324 g/mol. The standard InChI is InChI=1S/C15H20N2O2S2/c1-4-17(14-7-5-12(2)6-8-14)21(18,19)15-9-13(10-16-3)11-20-15/h5-9,11,16H,4,10H2,1-3H3. The van der Waals surface area contributed by atoms with Gasteiger partial charge in [0.2, 0.25) is 0 Å². The first-order valence-corrected chi connectivity index (χ1v) is 9.12. The normalized spacial score (nSPS) is 11.6. The second kappa shape index (κ2) is 6.60. The molecule has 0 aliphatic carbocycles. The van der Waals surface area contributed by atoms with Crippen LogP contribution in [0.3, 0.4) is 0 Å². The van der Waals surface area contributed by atoms with Crippen LogP contribution in [-0.4, -0.2) is 22.0 Å². The number of hydrogen-bond donors (Lipinski definition) is 1. The van der Waals surface area contributed by atoms with Crippen LogP contribution in [-0.2, 0) is 16.6 Å². The molecule has 0 bridgehead atoms. The van der Waals surface area contributed by atoms with E-state index in [0.717, 1.165) is 11.1 Å². The van der Waals surface area contributed by atoms with E-state index in [9.17, 15) is 8.42 Å². The van der Waals surface area contributed by atoms with Crippen LogP contribution < -0.4 is 9.62 Å². The Morgan fingerprint density at radius 1 is 1.24 bits per heavy atom. The fraction of sp³-hybridized carbons (Fsp3) is 0.333. The number of thiophene rings is 1. The number of hydrogen-bond acceptors (Lipinski definition) is 4. The number of benzene rings is 1. The van der Waals surface area contributed by atoms with Gasteiger partial charge in [-0.3, -0.25) is 4.31 Å². The molecule has 0 atom stereocenters. The zero-order valence-corrected chi connectivity index (χ0v) is 14.1. The van der Waals surface area contributed by atoms with Crippen LogP contribution in [0.2, 0.25) is 0 Å². The van der Waals surface area contributed by atoms with Gasteiger partial charge in [0, 0.05) is 13.1 Å². The molecule has 0 spiro atoms. The Labute approximate surface area is 130 Å². The highest BCUT2D eigenvalue weighted by Gasteiger charge is 2.25. The smallest absolute Gasteiger partial charge is 0.273 e. The van der Waals surface area contributed by atoms with Crippen molar-refractivity contribution in [3.05, 3.63) is 46.8 Å². The largest absolute Gasteiger partial charge is 0.316 e. The highest BCUT2D eigenvalue weighted by Crippen LogP contribution is 2.28. The van der Waals surface area contributed by atoms with Gasteiger partial charge in [-0.2, -0.15) is 0 Å². The number of nitrogens with zero attached hydrogens (tertiary/aromatic N) is 1. The second-order valence-corrected chi connectivity index (χ2v) is 7.81. The van der Waals surface area contributed by atoms with Crippen molar-refractivity contribution in [1.82, 2.24) is 5.32 Å². The van der Waals surface area contributed by atoms with Gasteiger partial charge in [-0.1, -0.05) is 17.7 Å². The van der Waals surface area contributed by atoms with Crippen LogP contribution in [0.5, 0.6) is 0 Å². The number of aryl methyl sites for hydroxylation is 1. The molecule has 21 heavy (non-hydrogen) atoms. The van der Waals surface area contributed by atoms with Gasteiger partial charge in [-0.15, -0.1) is 11.3 Å². The first kappa shape index (κ1) is 16.0. The maximum Gasteiger partial charge on any atom is 0.273 e. The molecule has 0 saturated carbocycles. The summed E-state index contributed by atoms with van der Waals surface area (Å²) in [5.74, 6) is 0. The van der Waals surface area contributed by atoms with Crippen LogP contribution in [0.15, 0.2) is 39.9 Å². The third kappa shape index (κ3) is 3.45. The van der Waals surface area contributed by atoms with E-state index in [2.05, 4.69) is 5.32 Å². The lowest BCUT2D eigenvalue weighted by atomic mass is 10.2. The molecule has 6 heteroatoms. The molecule has 1 N–H and O–H groups in total. The van der Waals surface area contributed by atoms with Crippen molar-refractivity contribution in [2.24, 2.45) is 0 Å². The number of anilines is 1. The zero-order valence-electron chi connectivity index (χ0n) is 12.5. The quantitative estimate of drug-likeness (QED) is 0.888. The van der Waals surface area contributed by atoms with E-state index >= 15 is 0 Å². The van der Waals surface area contributed by atoms with E-state index < -0.39 is 10.0 Å². The van der Waals surface area contributed by atoms with Crippen molar-refractivity contribution in [3.8, 4) is 0 Å². The maximum absolute atomic E-state index is 12.8. The highest BCUT2D eigenvalue weighted by molar-refractivity contribution is 7.94. The molecule has 1 heterocycles. The lowest BCUT2D eigenvalue weighted by Gasteiger charge is -2.22. The molecule has 0 radical (unpaired) electrons. The molecule has 2 aromatic rings. The average Bonchev–Trinajstić information content (AvgIpc) is 2.91. The summed E-state index contributed by atoms with van der Waals surface area (Å²) in [5, 5.41) is 4.91. The van der Waals surface area contributed by atoms with Crippen LogP contribution in [0, 0.1) is 6.92 Å². The summed E-state index contributed by atoms with van der Waals surface area (Å²) in [6.07, 6.45) is 0. The summed E-state index contributed by atoms with van der Waals surface area (Å²) >= 11 is 1.27. The van der Waals surface area contributed by atoms with Crippen LogP contribution in [0.25, 0.3) is 0 Å². The molecule has 0 unspecified atom stereocenters. The summed E-state index contributed by atoms with van der Waals surface area (Å²) in [5.41, 5.74) is 2.80. The molecule has 0 saturated heterocycles. The molecule has 0 amide bonds. The molecular formula is C15H20N2O2S2. The second-order valence-electron chi connectivity index (χ2n) is 4.81. The zero-order chi connectivity index (χ0) is 15.5. The summed E-state index contributed by atoms with van der Waals surface area (Å²) in [6, 6.07) is 9.28. The third-order valence-electron chi connectivity index (χ3n) is 3.16. The van der Waals surface area contributed by atoms with E-state index in [4.69, 9.17) is 0 Å². The van der Waals surface area contributed by atoms with Crippen LogP contribution >= 0.6 is 11.3 Å². The maximum atomic E-state index is 12.8. The van der Waals surface area contributed by atoms with Crippen molar-refractivity contribution in [2.75, 3.05) is 17.9 Å². The predicted octanol–water partition coefficient (Wildman–Crippen LogP) is 2.99. The first-order chi connectivity index (χ1) is 9.98. The van der Waals surface area contributed by atoms with Crippen molar-refractivity contribution in [2.45, 2.75) is 24.6 Å². The van der Waals surface area contributed by atoms with E-state index in [1.165, 1.54) is 15.6 Å². The van der Waals surface area contributed by atoms with E-state index in [-0.39, 0.29) is 0 Å². The van der Waals surface area contributed by atoms with Gasteiger partial charge >= 0.3 is 0 Å². The van der Waals surface area contributed by atoms with Gasteiger partial charge < -0.3 is 5.32 Å². The first-order valence-electron chi connectivity index (χ1n) is 6.80. The summed E-state index contributed by atoms with van der Waals surface area (Å²) < 4.78 is 27.4. The number of nitrogens with one attached hydrogen (secondary N) is 1. The molecule has 0 aliphatic heterocycles. The lowest BCUT2D eigenvalue weighted by Crippen LogP contribution is -2.30. The van der Waals surface area contributed by atoms with E-state index in [1.807, 2.05) is 50.5 Å². The van der Waals surface area contributed by atoms with Crippen LogP contribution in [0.1, 0.15) is 18.1 Å². The Kier molecular flexibility index (Phi) is 5.03. The molecular weight excluding hydrogens is 304 g/mol. The third-order valence-corrected chi connectivity index (χ3v) is 6.53. The van der Waals surface area contributed by atoms with E-state index in [1.54, 1.807) is 6.07 Å². The van der Waals surface area contributed by atoms with Gasteiger partial charge in [-0.25, -0.2) is 8.42 Å². The van der Waals surface area contributed by atoms with Gasteiger partial charge in [0.1, 0.15) is 4.21 Å². The Morgan fingerprint density at radius 3 is 2.48 bits per heavy atom. The van der Waals surface area contributed by atoms with Crippen LogP contribution in [0.4, 0.5) is 5.69 Å². The van der Waals surface area contributed by atoms with Crippen molar-refractivity contribution < 1.29 is 8.42 Å². The summed E-state index contributed by atoms with van der Waals surface area (Å²) in [4.78, 5) is 0. The number of rotatable bonds is 6. The Bertz CT molecular complexity index is 691. The topological polar surface area (TPSA) is 49.4 Å². The fourth-order valence-electron chi connectivity index (χ4n) is 2.10. The molecule has 2 rings (SSSR count). The Hall–Kier alpha value is -1.37. The Morgan fingerprint density at radius 2 is 1.90 bits per heavy atom. The Balaban J connectivity index is 2.36. The molecule has 1 aromatic heterocycles. The fourth-order valence-corrected chi connectivity index (χ4v) is 4.89. The van der Waals surface area contributed by atoms with Gasteiger partial charge in [0.05, 0.1) is 5.69 Å². The molecule has 0 aliphatic rings. The lowest BCUT2D eigenvalue weighted by molar-refractivity contribution is 0.594. The molecule has 1 aromatic carbocycles.